The van der Waals surface area contributed by atoms with Crippen molar-refractivity contribution in [1.29, 1.82) is 0 Å². The van der Waals surface area contributed by atoms with Crippen LogP contribution in [0.2, 0.25) is 0 Å². The van der Waals surface area contributed by atoms with Crippen molar-refractivity contribution in [3.63, 3.8) is 0 Å². The lowest BCUT2D eigenvalue weighted by Gasteiger charge is -2.20. The number of nitrogens with zero attached hydrogens (tertiary/aromatic N) is 2. The molecule has 0 aliphatic rings. The molecule has 0 saturated heterocycles. The summed E-state index contributed by atoms with van der Waals surface area (Å²) in [6, 6.07) is 3.64. The quantitative estimate of drug-likeness (QED) is 0.822. The smallest absolute Gasteiger partial charge is 0.179 e. The Morgan fingerprint density at radius 1 is 1.38 bits per heavy atom. The number of hydrogen-bond acceptors (Lipinski definition) is 4. The van der Waals surface area contributed by atoms with Gasteiger partial charge in [0, 0.05) is 13.5 Å². The number of ether oxygens (including phenoxy) is 1. The average Bonchev–Trinajstić information content (AvgIpc) is 2.58. The number of imidazole rings is 1. The summed E-state index contributed by atoms with van der Waals surface area (Å²) in [7, 11) is 1.69. The van der Waals surface area contributed by atoms with Gasteiger partial charge in [0.2, 0.25) is 0 Å². The predicted octanol–water partition coefficient (Wildman–Crippen LogP) is 1.51. The lowest BCUT2D eigenvalue weighted by Crippen LogP contribution is -2.26. The average molecular weight is 220 g/mol. The molecule has 5 nitrogen and oxygen atoms in total. The van der Waals surface area contributed by atoms with Crippen molar-refractivity contribution >= 4 is 17.0 Å². The summed E-state index contributed by atoms with van der Waals surface area (Å²) in [5.74, 6) is 1.34. The zero-order chi connectivity index (χ0) is 11.8. The van der Waals surface area contributed by atoms with Crippen molar-refractivity contribution < 1.29 is 4.74 Å². The number of rotatable bonds is 3. The van der Waals surface area contributed by atoms with Crippen molar-refractivity contribution in [2.75, 3.05) is 12.8 Å². The van der Waals surface area contributed by atoms with E-state index in [0.717, 1.165) is 11.3 Å². The molecule has 0 radical (unpaired) electrons. The molecule has 16 heavy (non-hydrogen) atoms. The van der Waals surface area contributed by atoms with Gasteiger partial charge in [-0.05, 0) is 26.0 Å². The maximum Gasteiger partial charge on any atom is 0.179 e. The largest absolute Gasteiger partial charge is 0.384 e. The second kappa shape index (κ2) is 3.75. The normalized spacial score (nSPS) is 12.2. The Bertz CT molecular complexity index is 504. The van der Waals surface area contributed by atoms with Gasteiger partial charge < -0.3 is 15.5 Å². The molecule has 0 aromatic carbocycles. The standard InChI is InChI=1S/C11H16N4O/c1-11(2,16-3)6-9-13-7-4-5-8(12)14-10(7)15-9/h4-5H,6H2,1-3H3,(H3,12,13,14,15). The van der Waals surface area contributed by atoms with Crippen LogP contribution in [-0.4, -0.2) is 27.7 Å². The van der Waals surface area contributed by atoms with Gasteiger partial charge in [0.15, 0.2) is 5.65 Å². The highest BCUT2D eigenvalue weighted by molar-refractivity contribution is 5.72. The van der Waals surface area contributed by atoms with Gasteiger partial charge in [-0.3, -0.25) is 0 Å². The summed E-state index contributed by atoms with van der Waals surface area (Å²) in [5.41, 5.74) is 6.91. The Balaban J connectivity index is 2.33. The zero-order valence-corrected chi connectivity index (χ0v) is 9.74. The molecular formula is C11H16N4O. The third-order valence-electron chi connectivity index (χ3n) is 2.56. The highest BCUT2D eigenvalue weighted by Gasteiger charge is 2.19. The number of pyridine rings is 1. The van der Waals surface area contributed by atoms with E-state index in [1.54, 1.807) is 13.2 Å². The van der Waals surface area contributed by atoms with Crippen LogP contribution in [0.4, 0.5) is 5.82 Å². The topological polar surface area (TPSA) is 76.8 Å². The summed E-state index contributed by atoms with van der Waals surface area (Å²) >= 11 is 0. The van der Waals surface area contributed by atoms with E-state index in [9.17, 15) is 0 Å². The third-order valence-corrected chi connectivity index (χ3v) is 2.56. The van der Waals surface area contributed by atoms with Gasteiger partial charge in [0.25, 0.3) is 0 Å². The van der Waals surface area contributed by atoms with Crippen LogP contribution in [0.5, 0.6) is 0 Å². The number of fused-ring (bicyclic) bond motifs is 1. The number of methoxy groups -OCH3 is 1. The molecule has 3 N–H and O–H groups in total. The molecule has 0 aliphatic carbocycles. The molecular weight excluding hydrogens is 204 g/mol. The van der Waals surface area contributed by atoms with Crippen LogP contribution in [0.25, 0.3) is 11.2 Å². The fraction of sp³-hybridized carbons (Fsp3) is 0.455. The SMILES string of the molecule is COC(C)(C)Cc1nc2nc(N)ccc2[nH]1. The molecule has 2 aromatic rings. The first kappa shape index (κ1) is 10.9. The Labute approximate surface area is 94.0 Å². The van der Waals surface area contributed by atoms with E-state index in [0.29, 0.717) is 17.9 Å². The first-order chi connectivity index (χ1) is 7.50. The van der Waals surface area contributed by atoms with E-state index >= 15 is 0 Å². The highest BCUT2D eigenvalue weighted by Crippen LogP contribution is 2.17. The van der Waals surface area contributed by atoms with Gasteiger partial charge in [-0.15, -0.1) is 0 Å². The molecule has 5 heteroatoms. The van der Waals surface area contributed by atoms with Crippen LogP contribution in [0.1, 0.15) is 19.7 Å². The molecule has 2 aromatic heterocycles. The Hall–Kier alpha value is -1.62. The number of aromatic nitrogens is 3. The molecule has 2 heterocycles. The molecule has 0 fully saturated rings. The van der Waals surface area contributed by atoms with Crippen molar-refractivity contribution in [2.45, 2.75) is 25.9 Å². The maximum atomic E-state index is 5.60. The van der Waals surface area contributed by atoms with Crippen molar-refractivity contribution in [3.8, 4) is 0 Å². The first-order valence-corrected chi connectivity index (χ1v) is 5.16. The number of H-pyrrole nitrogens is 1. The highest BCUT2D eigenvalue weighted by atomic mass is 16.5. The molecule has 0 amide bonds. The lowest BCUT2D eigenvalue weighted by atomic mass is 10.1. The molecule has 86 valence electrons. The van der Waals surface area contributed by atoms with Gasteiger partial charge in [-0.25, -0.2) is 9.97 Å². The number of anilines is 1. The fourth-order valence-electron chi connectivity index (χ4n) is 1.52. The molecule has 0 unspecified atom stereocenters. The first-order valence-electron chi connectivity index (χ1n) is 5.16. The summed E-state index contributed by atoms with van der Waals surface area (Å²) in [5, 5.41) is 0. The summed E-state index contributed by atoms with van der Waals surface area (Å²) in [6.07, 6.45) is 0.708. The molecule has 0 saturated carbocycles. The van der Waals surface area contributed by atoms with Crippen LogP contribution in [0.15, 0.2) is 12.1 Å². The number of nitrogens with two attached hydrogens (primary N) is 1. The molecule has 0 atom stereocenters. The Kier molecular flexibility index (Phi) is 2.55. The van der Waals surface area contributed by atoms with E-state index in [1.807, 2.05) is 19.9 Å². The predicted molar refractivity (Wildman–Crippen MR) is 63.1 cm³/mol. The number of nitrogens with one attached hydrogen (secondary N) is 1. The van der Waals surface area contributed by atoms with E-state index in [-0.39, 0.29) is 5.60 Å². The lowest BCUT2D eigenvalue weighted by molar-refractivity contribution is 0.0218. The van der Waals surface area contributed by atoms with Gasteiger partial charge >= 0.3 is 0 Å². The van der Waals surface area contributed by atoms with Gasteiger partial charge in [-0.2, -0.15) is 0 Å². The second-order valence-electron chi connectivity index (χ2n) is 4.43. The second-order valence-corrected chi connectivity index (χ2v) is 4.43. The van der Waals surface area contributed by atoms with E-state index < -0.39 is 0 Å². The molecule has 0 spiro atoms. The number of hydrogen-bond donors (Lipinski definition) is 2. The monoisotopic (exact) mass is 220 g/mol. The van der Waals surface area contributed by atoms with Gasteiger partial charge in [0.05, 0.1) is 11.1 Å². The van der Waals surface area contributed by atoms with Crippen LogP contribution >= 0.6 is 0 Å². The summed E-state index contributed by atoms with van der Waals surface area (Å²) in [6.45, 7) is 4.03. The minimum Gasteiger partial charge on any atom is -0.384 e. The van der Waals surface area contributed by atoms with E-state index in [4.69, 9.17) is 10.5 Å². The maximum absolute atomic E-state index is 5.60. The van der Waals surface area contributed by atoms with Crippen molar-refractivity contribution in [2.24, 2.45) is 0 Å². The molecule has 0 aliphatic heterocycles. The Morgan fingerprint density at radius 3 is 2.81 bits per heavy atom. The number of aromatic amines is 1. The van der Waals surface area contributed by atoms with E-state index in [2.05, 4.69) is 15.0 Å². The Morgan fingerprint density at radius 2 is 2.12 bits per heavy atom. The van der Waals surface area contributed by atoms with Crippen LogP contribution in [0.3, 0.4) is 0 Å². The van der Waals surface area contributed by atoms with Gasteiger partial charge in [0.1, 0.15) is 11.6 Å². The van der Waals surface area contributed by atoms with Gasteiger partial charge in [-0.1, -0.05) is 0 Å². The zero-order valence-electron chi connectivity index (χ0n) is 9.74. The van der Waals surface area contributed by atoms with Crippen molar-refractivity contribution in [1.82, 2.24) is 15.0 Å². The minimum atomic E-state index is -0.237. The van der Waals surface area contributed by atoms with Crippen LogP contribution in [0, 0.1) is 0 Å². The summed E-state index contributed by atoms with van der Waals surface area (Å²) in [4.78, 5) is 11.7. The third kappa shape index (κ3) is 2.14. The molecule has 2 rings (SSSR count). The minimum absolute atomic E-state index is 0.237. The molecule has 0 bridgehead atoms. The van der Waals surface area contributed by atoms with Crippen LogP contribution < -0.4 is 5.73 Å². The van der Waals surface area contributed by atoms with E-state index in [1.165, 1.54) is 0 Å². The van der Waals surface area contributed by atoms with Crippen LogP contribution in [-0.2, 0) is 11.2 Å². The fourth-order valence-corrected chi connectivity index (χ4v) is 1.52. The number of nitrogen functional groups attached to an aromatic ring is 1. The van der Waals surface area contributed by atoms with Crippen molar-refractivity contribution in [3.05, 3.63) is 18.0 Å². The summed E-state index contributed by atoms with van der Waals surface area (Å²) < 4.78 is 5.36.